The summed E-state index contributed by atoms with van der Waals surface area (Å²) in [6, 6.07) is 15.1. The number of phenols is 2. The van der Waals surface area contributed by atoms with E-state index in [2.05, 4.69) is 0 Å². The Morgan fingerprint density at radius 1 is 0.760 bits per heavy atom. The van der Waals surface area contributed by atoms with Crippen LogP contribution in [0.3, 0.4) is 0 Å². The van der Waals surface area contributed by atoms with Crippen molar-refractivity contribution in [3.05, 3.63) is 72.3 Å². The van der Waals surface area contributed by atoms with Crippen molar-refractivity contribution >= 4 is 0 Å². The van der Waals surface area contributed by atoms with Crippen LogP contribution < -0.4 is 4.74 Å². The molecule has 0 bridgehead atoms. The molecule has 0 aromatic heterocycles. The first kappa shape index (κ1) is 16.7. The predicted octanol–water partition coefficient (Wildman–Crippen LogP) is 5.58. The van der Waals surface area contributed by atoms with E-state index in [0.717, 1.165) is 12.1 Å². The second-order valence-corrected chi connectivity index (χ2v) is 5.32. The third kappa shape index (κ3) is 3.68. The summed E-state index contributed by atoms with van der Waals surface area (Å²) in [6.07, 6.45) is -4.41. The first-order valence-corrected chi connectivity index (χ1v) is 7.31. The van der Waals surface area contributed by atoms with Crippen LogP contribution in [0.1, 0.15) is 5.56 Å². The Balaban J connectivity index is 1.95. The molecule has 3 aromatic rings. The van der Waals surface area contributed by atoms with E-state index >= 15 is 0 Å². The van der Waals surface area contributed by atoms with Crippen molar-refractivity contribution in [2.24, 2.45) is 0 Å². The Hall–Kier alpha value is -3.15. The Kier molecular flexibility index (Phi) is 4.27. The maximum absolute atomic E-state index is 12.6. The standard InChI is InChI=1S/C19H13F3O3/c20-19(21,22)12-5-8-14(9-6-12)25-18-4-2-1-3-15(18)16-11-13(23)7-10-17(16)24/h1-11,23-24H. The average Bonchev–Trinajstić information content (AvgIpc) is 2.57. The molecule has 0 atom stereocenters. The Morgan fingerprint density at radius 3 is 2.12 bits per heavy atom. The molecule has 0 saturated carbocycles. The molecule has 0 amide bonds. The minimum Gasteiger partial charge on any atom is -0.508 e. The summed E-state index contributed by atoms with van der Waals surface area (Å²) in [5.41, 5.74) is 0.0806. The fraction of sp³-hybridized carbons (Fsp3) is 0.0526. The van der Waals surface area contributed by atoms with Gasteiger partial charge in [-0.05, 0) is 48.5 Å². The van der Waals surface area contributed by atoms with Gasteiger partial charge in [-0.25, -0.2) is 0 Å². The normalized spacial score (nSPS) is 11.3. The summed E-state index contributed by atoms with van der Waals surface area (Å²) >= 11 is 0. The van der Waals surface area contributed by atoms with Gasteiger partial charge in [-0.15, -0.1) is 0 Å². The summed E-state index contributed by atoms with van der Waals surface area (Å²) in [5.74, 6) is 0.474. The molecule has 2 N–H and O–H groups in total. The second-order valence-electron chi connectivity index (χ2n) is 5.32. The number of hydrogen-bond acceptors (Lipinski definition) is 3. The maximum atomic E-state index is 12.6. The van der Waals surface area contributed by atoms with Crippen LogP contribution in [0.2, 0.25) is 0 Å². The van der Waals surface area contributed by atoms with Crippen LogP contribution >= 0.6 is 0 Å². The Bertz CT molecular complexity index is 887. The van der Waals surface area contributed by atoms with E-state index < -0.39 is 11.7 Å². The van der Waals surface area contributed by atoms with E-state index in [-0.39, 0.29) is 17.2 Å². The summed E-state index contributed by atoms with van der Waals surface area (Å²) in [7, 11) is 0. The molecular formula is C19H13F3O3. The summed E-state index contributed by atoms with van der Waals surface area (Å²) in [4.78, 5) is 0. The molecule has 0 aliphatic heterocycles. The summed E-state index contributed by atoms with van der Waals surface area (Å²) in [5, 5.41) is 19.6. The van der Waals surface area contributed by atoms with Crippen LogP contribution in [-0.2, 0) is 6.18 Å². The van der Waals surface area contributed by atoms with Crippen molar-refractivity contribution in [1.29, 1.82) is 0 Å². The highest BCUT2D eigenvalue weighted by Crippen LogP contribution is 2.39. The second kappa shape index (κ2) is 6.39. The van der Waals surface area contributed by atoms with Crippen molar-refractivity contribution in [1.82, 2.24) is 0 Å². The van der Waals surface area contributed by atoms with E-state index in [4.69, 9.17) is 4.74 Å². The third-order valence-electron chi connectivity index (χ3n) is 3.57. The molecule has 3 aromatic carbocycles. The number of phenolic OH excluding ortho intramolecular Hbond substituents is 2. The molecule has 128 valence electrons. The zero-order chi connectivity index (χ0) is 18.0. The first-order chi connectivity index (χ1) is 11.8. The number of alkyl halides is 3. The fourth-order valence-electron chi connectivity index (χ4n) is 2.36. The van der Waals surface area contributed by atoms with E-state index in [0.29, 0.717) is 16.9 Å². The zero-order valence-corrected chi connectivity index (χ0v) is 12.8. The summed E-state index contributed by atoms with van der Waals surface area (Å²) < 4.78 is 43.5. The van der Waals surface area contributed by atoms with Crippen molar-refractivity contribution < 1.29 is 28.1 Å². The quantitative estimate of drug-likeness (QED) is 0.609. The Labute approximate surface area is 141 Å². The number of rotatable bonds is 3. The van der Waals surface area contributed by atoms with E-state index in [1.165, 1.54) is 30.3 Å². The van der Waals surface area contributed by atoms with Gasteiger partial charge >= 0.3 is 6.18 Å². The summed E-state index contributed by atoms with van der Waals surface area (Å²) in [6.45, 7) is 0. The van der Waals surface area contributed by atoms with Crippen molar-refractivity contribution in [2.45, 2.75) is 6.18 Å². The molecule has 0 aliphatic rings. The molecule has 6 heteroatoms. The molecule has 3 rings (SSSR count). The lowest BCUT2D eigenvalue weighted by atomic mass is 10.0. The van der Waals surface area contributed by atoms with Gasteiger partial charge in [-0.2, -0.15) is 13.2 Å². The Morgan fingerprint density at radius 2 is 1.44 bits per heavy atom. The van der Waals surface area contributed by atoms with Gasteiger partial charge in [0.05, 0.1) is 5.56 Å². The van der Waals surface area contributed by atoms with Crippen LogP contribution in [-0.4, -0.2) is 10.2 Å². The highest BCUT2D eigenvalue weighted by atomic mass is 19.4. The predicted molar refractivity (Wildman–Crippen MR) is 86.7 cm³/mol. The lowest BCUT2D eigenvalue weighted by Gasteiger charge is -2.13. The van der Waals surface area contributed by atoms with E-state index in [1.807, 2.05) is 0 Å². The average molecular weight is 346 g/mol. The van der Waals surface area contributed by atoms with E-state index in [1.54, 1.807) is 24.3 Å². The van der Waals surface area contributed by atoms with Crippen molar-refractivity contribution in [2.75, 3.05) is 0 Å². The van der Waals surface area contributed by atoms with Crippen LogP contribution in [0.4, 0.5) is 13.2 Å². The smallest absolute Gasteiger partial charge is 0.416 e. The molecule has 0 saturated heterocycles. The number of benzene rings is 3. The molecule has 25 heavy (non-hydrogen) atoms. The highest BCUT2D eigenvalue weighted by molar-refractivity contribution is 5.76. The SMILES string of the molecule is Oc1ccc(O)c(-c2ccccc2Oc2ccc(C(F)(F)F)cc2)c1. The monoisotopic (exact) mass is 346 g/mol. The minimum absolute atomic E-state index is 0.0304. The molecular weight excluding hydrogens is 333 g/mol. The molecule has 0 unspecified atom stereocenters. The van der Waals surface area contributed by atoms with Gasteiger partial charge in [0.1, 0.15) is 23.0 Å². The highest BCUT2D eigenvalue weighted by Gasteiger charge is 2.30. The number of ether oxygens (including phenoxy) is 1. The van der Waals surface area contributed by atoms with Crippen molar-refractivity contribution in [3.63, 3.8) is 0 Å². The van der Waals surface area contributed by atoms with Crippen molar-refractivity contribution in [3.8, 4) is 34.1 Å². The lowest BCUT2D eigenvalue weighted by molar-refractivity contribution is -0.137. The molecule has 0 aliphatic carbocycles. The van der Waals surface area contributed by atoms with Gasteiger partial charge in [-0.3, -0.25) is 0 Å². The van der Waals surface area contributed by atoms with Crippen LogP contribution in [0, 0.1) is 0 Å². The van der Waals surface area contributed by atoms with Crippen LogP contribution in [0.15, 0.2) is 66.7 Å². The number of para-hydroxylation sites is 1. The molecule has 0 radical (unpaired) electrons. The third-order valence-corrected chi connectivity index (χ3v) is 3.57. The largest absolute Gasteiger partial charge is 0.508 e. The van der Waals surface area contributed by atoms with Gasteiger partial charge in [0, 0.05) is 11.1 Å². The van der Waals surface area contributed by atoms with Crippen LogP contribution in [0.5, 0.6) is 23.0 Å². The lowest BCUT2D eigenvalue weighted by Crippen LogP contribution is -2.04. The van der Waals surface area contributed by atoms with Gasteiger partial charge in [0.15, 0.2) is 0 Å². The van der Waals surface area contributed by atoms with Crippen LogP contribution in [0.25, 0.3) is 11.1 Å². The van der Waals surface area contributed by atoms with Gasteiger partial charge in [0.2, 0.25) is 0 Å². The van der Waals surface area contributed by atoms with Gasteiger partial charge in [0.25, 0.3) is 0 Å². The minimum atomic E-state index is -4.41. The van der Waals surface area contributed by atoms with Gasteiger partial charge < -0.3 is 14.9 Å². The number of hydrogen-bond donors (Lipinski definition) is 2. The fourth-order valence-corrected chi connectivity index (χ4v) is 2.36. The molecule has 3 nitrogen and oxygen atoms in total. The number of halogens is 3. The molecule has 0 spiro atoms. The zero-order valence-electron chi connectivity index (χ0n) is 12.8. The topological polar surface area (TPSA) is 49.7 Å². The van der Waals surface area contributed by atoms with E-state index in [9.17, 15) is 23.4 Å². The van der Waals surface area contributed by atoms with Gasteiger partial charge in [-0.1, -0.05) is 18.2 Å². The number of aromatic hydroxyl groups is 2. The first-order valence-electron chi connectivity index (χ1n) is 7.31. The maximum Gasteiger partial charge on any atom is 0.416 e. The molecule has 0 fully saturated rings. The molecule has 0 heterocycles.